The van der Waals surface area contributed by atoms with Gasteiger partial charge in [-0.3, -0.25) is 0 Å². The van der Waals surface area contributed by atoms with Gasteiger partial charge in [0.15, 0.2) is 12.2 Å². The van der Waals surface area contributed by atoms with E-state index in [-0.39, 0.29) is 35.1 Å². The zero-order valence-corrected chi connectivity index (χ0v) is 33.0. The van der Waals surface area contributed by atoms with Crippen LogP contribution in [-0.4, -0.2) is 82.6 Å². The summed E-state index contributed by atoms with van der Waals surface area (Å²) in [5.41, 5.74) is 4.45. The van der Waals surface area contributed by atoms with Crippen LogP contribution in [0.25, 0.3) is 0 Å². The first-order chi connectivity index (χ1) is 23.6. The molecule has 4 aromatic rings. The van der Waals surface area contributed by atoms with Crippen LogP contribution in [0, 0.1) is 12.8 Å². The Hall–Kier alpha value is -3.30. The molecule has 0 aromatic heterocycles. The van der Waals surface area contributed by atoms with Gasteiger partial charge in [-0.15, -0.1) is 0 Å². The normalized spacial score (nSPS) is 13.0. The molecular weight excluding hydrogens is 728 g/mol. The molecule has 0 amide bonds. The number of aliphatic carboxylic acids is 2. The number of aliphatic hydroxyl groups excluding tert-OH is 2. The summed E-state index contributed by atoms with van der Waals surface area (Å²) in [6.45, 7) is 6.32. The summed E-state index contributed by atoms with van der Waals surface area (Å²) in [6.07, 6.45) is -4.53. The van der Waals surface area contributed by atoms with Gasteiger partial charge in [0.2, 0.25) is 0 Å². The molecule has 0 saturated heterocycles. The van der Waals surface area contributed by atoms with Crippen molar-refractivity contribution < 1.29 is 69.5 Å². The number of hydrogen-bond acceptors (Lipinski definition) is 10. The Morgan fingerprint density at radius 3 is 1.82 bits per heavy atom. The first kappa shape index (κ1) is 43.9. The van der Waals surface area contributed by atoms with E-state index in [0.717, 1.165) is 18.7 Å². The maximum Gasteiger partial charge on any atom is 1.00 e. The van der Waals surface area contributed by atoms with Gasteiger partial charge in [0, 0.05) is 34.1 Å². The van der Waals surface area contributed by atoms with Crippen LogP contribution in [0.1, 0.15) is 22.8 Å². The van der Waals surface area contributed by atoms with Crippen LogP contribution in [0.15, 0.2) is 94.7 Å². The van der Waals surface area contributed by atoms with Gasteiger partial charge in [-0.25, -0.2) is 9.59 Å². The molecule has 0 radical (unpaired) electrons. The fraction of sp³-hybridized carbons (Fsp3) is 0.250. The van der Waals surface area contributed by atoms with Crippen molar-refractivity contribution in [2.75, 3.05) is 37.4 Å². The molecule has 0 spiro atoms. The van der Waals surface area contributed by atoms with Gasteiger partial charge in [-0.2, -0.15) is 0 Å². The van der Waals surface area contributed by atoms with E-state index < -0.39 is 30.1 Å². The third kappa shape index (κ3) is 12.4. The SMILES string of the molecule is CC(CN(C)C)CN1c2ccccc2Sc2ccccc21.Cc1ccc(Cl)c(Nc2ccccc2C(=O)[O-])c1Cl.O=C(O)C(O)C(O)C(=O)O.[Na+]. The number of anilines is 4. The molecule has 15 heteroatoms. The van der Waals surface area contributed by atoms with E-state index in [1.807, 2.05) is 18.7 Å². The van der Waals surface area contributed by atoms with E-state index in [0.29, 0.717) is 27.3 Å². The van der Waals surface area contributed by atoms with Crippen molar-refractivity contribution in [3.8, 4) is 0 Å². The van der Waals surface area contributed by atoms with Crippen molar-refractivity contribution in [3.63, 3.8) is 0 Å². The molecule has 1 heterocycles. The van der Waals surface area contributed by atoms with E-state index in [1.165, 1.54) is 27.2 Å². The summed E-state index contributed by atoms with van der Waals surface area (Å²) in [4.78, 5) is 38.0. The molecule has 11 nitrogen and oxygen atoms in total. The van der Waals surface area contributed by atoms with Crippen LogP contribution in [0.2, 0.25) is 10.0 Å². The number of aromatic carboxylic acids is 1. The van der Waals surface area contributed by atoms with Crippen LogP contribution < -0.4 is 44.9 Å². The zero-order chi connectivity index (χ0) is 37.1. The fourth-order valence-corrected chi connectivity index (χ4v) is 6.48. The molecule has 0 bridgehead atoms. The minimum absolute atomic E-state index is 0. The van der Waals surface area contributed by atoms with Crippen molar-refractivity contribution >= 4 is 75.6 Å². The molecule has 0 aliphatic carbocycles. The van der Waals surface area contributed by atoms with Crippen LogP contribution in [0.3, 0.4) is 0 Å². The second-order valence-corrected chi connectivity index (χ2v) is 13.5. The van der Waals surface area contributed by atoms with Crippen LogP contribution in [0.5, 0.6) is 0 Å². The van der Waals surface area contributed by atoms with E-state index in [1.54, 1.807) is 30.3 Å². The summed E-state index contributed by atoms with van der Waals surface area (Å²) in [5.74, 6) is -4.18. The Kier molecular flexibility index (Phi) is 17.8. The van der Waals surface area contributed by atoms with Crippen LogP contribution in [0.4, 0.5) is 22.7 Å². The van der Waals surface area contributed by atoms with Gasteiger partial charge in [0.25, 0.3) is 0 Å². The van der Waals surface area contributed by atoms with Gasteiger partial charge >= 0.3 is 41.5 Å². The Morgan fingerprint density at radius 2 is 1.33 bits per heavy atom. The average Bonchev–Trinajstić information content (AvgIpc) is 3.08. The minimum Gasteiger partial charge on any atom is -0.545 e. The molecule has 1 aliphatic rings. The number of carbonyl (C=O) groups is 3. The summed E-state index contributed by atoms with van der Waals surface area (Å²) in [5, 5.41) is 47.4. The number of nitrogens with zero attached hydrogens (tertiary/aromatic N) is 2. The number of aryl methyl sites for hydroxylation is 1. The number of fused-ring (bicyclic) bond motifs is 2. The molecule has 4 aromatic carbocycles. The number of carbonyl (C=O) groups excluding carboxylic acids is 1. The largest absolute Gasteiger partial charge is 1.00 e. The molecule has 3 atom stereocenters. The third-order valence-corrected chi connectivity index (χ3v) is 9.13. The average molecular weight is 767 g/mol. The minimum atomic E-state index is -2.27. The molecule has 0 saturated carbocycles. The van der Waals surface area contributed by atoms with Crippen molar-refractivity contribution in [1.29, 1.82) is 0 Å². The number of carboxylic acid groups (broad SMARTS) is 3. The molecule has 5 rings (SSSR count). The molecule has 5 N–H and O–H groups in total. The van der Waals surface area contributed by atoms with Gasteiger partial charge < -0.3 is 45.4 Å². The second-order valence-electron chi connectivity index (χ2n) is 11.6. The first-order valence-corrected chi connectivity index (χ1v) is 16.8. The zero-order valence-electron chi connectivity index (χ0n) is 28.7. The number of aliphatic hydroxyl groups is 2. The Balaban J connectivity index is 0.000000279. The number of nitrogens with one attached hydrogen (secondary N) is 1. The molecular formula is C36H38Cl2N3NaO8S. The van der Waals surface area contributed by atoms with Gasteiger partial charge in [-0.1, -0.05) is 90.4 Å². The third-order valence-electron chi connectivity index (χ3n) is 7.20. The number of halogens is 2. The maximum atomic E-state index is 11.0. The van der Waals surface area contributed by atoms with Crippen molar-refractivity contribution in [3.05, 3.63) is 106 Å². The summed E-state index contributed by atoms with van der Waals surface area (Å²) in [6, 6.07) is 27.3. The van der Waals surface area contributed by atoms with Gasteiger partial charge in [0.1, 0.15) is 0 Å². The monoisotopic (exact) mass is 765 g/mol. The van der Waals surface area contributed by atoms with Crippen LogP contribution in [-0.2, 0) is 9.59 Å². The van der Waals surface area contributed by atoms with Gasteiger partial charge in [-0.05, 0) is 68.9 Å². The fourth-order valence-electron chi connectivity index (χ4n) is 4.92. The predicted octanol–water partition coefficient (Wildman–Crippen LogP) is 2.78. The molecule has 51 heavy (non-hydrogen) atoms. The second kappa shape index (κ2) is 20.7. The molecule has 0 fully saturated rings. The molecule has 3 unspecified atom stereocenters. The van der Waals surface area contributed by atoms with E-state index >= 15 is 0 Å². The van der Waals surface area contributed by atoms with Crippen molar-refractivity contribution in [2.45, 2.75) is 35.8 Å². The Labute approximate surface area is 333 Å². The number of carboxylic acids is 3. The summed E-state index contributed by atoms with van der Waals surface area (Å²) >= 11 is 14.1. The quantitative estimate of drug-likeness (QED) is 0.150. The Bertz CT molecular complexity index is 1750. The first-order valence-electron chi connectivity index (χ1n) is 15.2. The predicted molar refractivity (Wildman–Crippen MR) is 194 cm³/mol. The van der Waals surface area contributed by atoms with E-state index in [2.05, 4.69) is 84.7 Å². The van der Waals surface area contributed by atoms with Crippen LogP contribution >= 0.6 is 35.0 Å². The number of rotatable bonds is 10. The number of hydrogen-bond donors (Lipinski definition) is 5. The smallest absolute Gasteiger partial charge is 0.545 e. The molecule has 266 valence electrons. The standard InChI is InChI=1S/C18H22N2S.C14H11Cl2NO2.C4H6O6.Na/c1-14(12-19(2)3)13-20-15-8-4-6-10-17(15)21-18-11-7-5-9-16(18)20;1-8-6-7-10(15)13(12(8)16)17-11-5-3-2-4-9(11)14(18)19;5-1(3(7)8)2(6)4(9)10;/h4-11,14H,12-13H2,1-3H3;2-7,17H,1H3,(H,18,19);1-2,5-6H,(H,7,8)(H,9,10);/q;;;+1/p-1. The topological polar surface area (TPSA) is 174 Å². The van der Waals surface area contributed by atoms with Crippen molar-refractivity contribution in [1.82, 2.24) is 4.90 Å². The summed E-state index contributed by atoms with van der Waals surface area (Å²) in [7, 11) is 4.29. The summed E-state index contributed by atoms with van der Waals surface area (Å²) < 4.78 is 0. The Morgan fingerprint density at radius 1 is 0.843 bits per heavy atom. The van der Waals surface area contributed by atoms with Crippen molar-refractivity contribution in [2.24, 2.45) is 5.92 Å². The molecule has 1 aliphatic heterocycles. The van der Waals surface area contributed by atoms with E-state index in [4.69, 9.17) is 43.6 Å². The van der Waals surface area contributed by atoms with E-state index in [9.17, 15) is 19.5 Å². The number of benzene rings is 4. The van der Waals surface area contributed by atoms with Gasteiger partial charge in [0.05, 0.1) is 33.1 Å². The maximum absolute atomic E-state index is 11.0. The number of para-hydroxylation sites is 3.